The number of rotatable bonds is 6. The summed E-state index contributed by atoms with van der Waals surface area (Å²) in [6.07, 6.45) is 2.98. The number of carbonyl (C=O) groups excluding carboxylic acids is 1. The van der Waals surface area contributed by atoms with Crippen LogP contribution < -0.4 is 5.73 Å². The predicted molar refractivity (Wildman–Crippen MR) is 63.4 cm³/mol. The molecule has 0 saturated carbocycles. The Balaban J connectivity index is 4.03. The molecule has 0 aromatic heterocycles. The average Bonchev–Trinajstić information content (AvgIpc) is 2.22. The van der Waals surface area contributed by atoms with E-state index in [0.717, 1.165) is 18.7 Å². The fourth-order valence-corrected chi connectivity index (χ4v) is 1.55. The van der Waals surface area contributed by atoms with Crippen molar-refractivity contribution >= 4 is 17.7 Å². The van der Waals surface area contributed by atoms with Crippen molar-refractivity contribution in [3.05, 3.63) is 0 Å². The first-order valence-corrected chi connectivity index (χ1v) is 6.43. The summed E-state index contributed by atoms with van der Waals surface area (Å²) >= 11 is 1.74. The Bertz CT molecular complexity index is 176. The van der Waals surface area contributed by atoms with E-state index in [1.54, 1.807) is 16.7 Å². The largest absolute Gasteiger partial charge is 0.344 e. The van der Waals surface area contributed by atoms with Crippen LogP contribution in [-0.2, 0) is 4.79 Å². The standard InChI is InChI=1S/C10H22N2OS/c1-5-8(2)9(11)10(13)12(3)6-7-14-4/h8-9H,5-7,11H2,1-4H3/t8-,9+/m1/s1. The number of thioether (sulfide) groups is 1. The number of nitrogens with zero attached hydrogens (tertiary/aromatic N) is 1. The molecule has 0 aliphatic rings. The van der Waals surface area contributed by atoms with Gasteiger partial charge in [-0.15, -0.1) is 0 Å². The van der Waals surface area contributed by atoms with Crippen molar-refractivity contribution in [1.82, 2.24) is 4.90 Å². The number of hydrogen-bond acceptors (Lipinski definition) is 3. The third kappa shape index (κ3) is 4.33. The molecule has 0 aliphatic heterocycles. The summed E-state index contributed by atoms with van der Waals surface area (Å²) in [5.41, 5.74) is 5.85. The Hall–Kier alpha value is -0.220. The van der Waals surface area contributed by atoms with Crippen molar-refractivity contribution in [1.29, 1.82) is 0 Å². The second-order valence-electron chi connectivity index (χ2n) is 3.66. The van der Waals surface area contributed by atoms with E-state index in [0.29, 0.717) is 0 Å². The molecule has 4 heteroatoms. The maximum Gasteiger partial charge on any atom is 0.239 e. The van der Waals surface area contributed by atoms with Gasteiger partial charge in [0, 0.05) is 19.3 Å². The molecule has 0 radical (unpaired) electrons. The van der Waals surface area contributed by atoms with Gasteiger partial charge in [-0.25, -0.2) is 0 Å². The molecule has 0 spiro atoms. The zero-order chi connectivity index (χ0) is 11.1. The Morgan fingerprint density at radius 1 is 1.57 bits per heavy atom. The van der Waals surface area contributed by atoms with Gasteiger partial charge in [-0.3, -0.25) is 4.79 Å². The summed E-state index contributed by atoms with van der Waals surface area (Å²) < 4.78 is 0. The summed E-state index contributed by atoms with van der Waals surface area (Å²) in [5, 5.41) is 0. The molecule has 1 amide bonds. The summed E-state index contributed by atoms with van der Waals surface area (Å²) in [7, 11) is 1.82. The van der Waals surface area contributed by atoms with Gasteiger partial charge in [-0.2, -0.15) is 11.8 Å². The number of likely N-dealkylation sites (N-methyl/N-ethyl adjacent to an activating group) is 1. The average molecular weight is 218 g/mol. The van der Waals surface area contributed by atoms with E-state index in [1.165, 1.54) is 0 Å². The van der Waals surface area contributed by atoms with E-state index in [1.807, 2.05) is 20.2 Å². The van der Waals surface area contributed by atoms with Gasteiger partial charge >= 0.3 is 0 Å². The van der Waals surface area contributed by atoms with Gasteiger partial charge in [0.25, 0.3) is 0 Å². The number of nitrogens with two attached hydrogens (primary N) is 1. The SMILES string of the molecule is CC[C@@H](C)[C@H](N)C(=O)N(C)CCSC. The van der Waals surface area contributed by atoms with Gasteiger partial charge in [0.15, 0.2) is 0 Å². The molecule has 0 fully saturated rings. The maximum absolute atomic E-state index is 11.7. The molecule has 2 N–H and O–H groups in total. The molecule has 84 valence electrons. The number of amides is 1. The van der Waals surface area contributed by atoms with Gasteiger partial charge in [0.1, 0.15) is 0 Å². The molecule has 0 rings (SSSR count). The summed E-state index contributed by atoms with van der Waals surface area (Å²) in [6, 6.07) is -0.341. The van der Waals surface area contributed by atoms with Crippen molar-refractivity contribution in [3.8, 4) is 0 Å². The monoisotopic (exact) mass is 218 g/mol. The fourth-order valence-electron chi connectivity index (χ4n) is 1.09. The highest BCUT2D eigenvalue weighted by atomic mass is 32.2. The second kappa shape index (κ2) is 7.12. The molecule has 0 unspecified atom stereocenters. The van der Waals surface area contributed by atoms with E-state index < -0.39 is 0 Å². The van der Waals surface area contributed by atoms with Crippen molar-refractivity contribution in [2.75, 3.05) is 25.6 Å². The van der Waals surface area contributed by atoms with Gasteiger partial charge in [-0.1, -0.05) is 20.3 Å². The van der Waals surface area contributed by atoms with Crippen LogP contribution in [0, 0.1) is 5.92 Å². The first kappa shape index (κ1) is 13.8. The molecule has 14 heavy (non-hydrogen) atoms. The van der Waals surface area contributed by atoms with Crippen molar-refractivity contribution < 1.29 is 4.79 Å². The molecule has 0 bridgehead atoms. The minimum atomic E-state index is -0.341. The quantitative estimate of drug-likeness (QED) is 0.728. The highest BCUT2D eigenvalue weighted by Crippen LogP contribution is 2.08. The highest BCUT2D eigenvalue weighted by molar-refractivity contribution is 7.98. The first-order valence-electron chi connectivity index (χ1n) is 5.04. The highest BCUT2D eigenvalue weighted by Gasteiger charge is 2.22. The molecule has 0 aromatic rings. The van der Waals surface area contributed by atoms with Crippen molar-refractivity contribution in [2.24, 2.45) is 11.7 Å². The van der Waals surface area contributed by atoms with Crippen LogP contribution in [0.25, 0.3) is 0 Å². The van der Waals surface area contributed by atoms with Crippen LogP contribution in [0.4, 0.5) is 0 Å². The van der Waals surface area contributed by atoms with E-state index in [9.17, 15) is 4.79 Å². The van der Waals surface area contributed by atoms with Crippen molar-refractivity contribution in [2.45, 2.75) is 26.3 Å². The van der Waals surface area contributed by atoms with E-state index >= 15 is 0 Å². The van der Waals surface area contributed by atoms with E-state index in [4.69, 9.17) is 5.73 Å². The smallest absolute Gasteiger partial charge is 0.239 e. The lowest BCUT2D eigenvalue weighted by Crippen LogP contribution is -2.46. The minimum absolute atomic E-state index is 0.0633. The lowest BCUT2D eigenvalue weighted by atomic mass is 9.99. The maximum atomic E-state index is 11.7. The van der Waals surface area contributed by atoms with Crippen molar-refractivity contribution in [3.63, 3.8) is 0 Å². The fraction of sp³-hybridized carbons (Fsp3) is 0.900. The van der Waals surface area contributed by atoms with Crippen LogP contribution in [0.15, 0.2) is 0 Å². The molecular weight excluding hydrogens is 196 g/mol. The van der Waals surface area contributed by atoms with E-state index in [2.05, 4.69) is 6.92 Å². The predicted octanol–water partition coefficient (Wildman–Crippen LogP) is 1.18. The molecular formula is C10H22N2OS. The lowest BCUT2D eigenvalue weighted by molar-refractivity contribution is -0.132. The van der Waals surface area contributed by atoms with Crippen LogP contribution in [-0.4, -0.2) is 42.4 Å². The molecule has 0 aliphatic carbocycles. The minimum Gasteiger partial charge on any atom is -0.344 e. The van der Waals surface area contributed by atoms with Crippen LogP contribution in [0.1, 0.15) is 20.3 Å². The normalized spacial score (nSPS) is 14.9. The van der Waals surface area contributed by atoms with Gasteiger partial charge in [-0.05, 0) is 12.2 Å². The third-order valence-electron chi connectivity index (χ3n) is 2.55. The summed E-state index contributed by atoms with van der Waals surface area (Å²) in [6.45, 7) is 4.86. The van der Waals surface area contributed by atoms with Gasteiger partial charge in [0.05, 0.1) is 6.04 Å². The molecule has 2 atom stereocenters. The Morgan fingerprint density at radius 2 is 2.14 bits per heavy atom. The molecule has 0 saturated heterocycles. The Labute approximate surface area is 91.4 Å². The zero-order valence-electron chi connectivity index (χ0n) is 9.62. The second-order valence-corrected chi connectivity index (χ2v) is 4.65. The molecule has 0 heterocycles. The topological polar surface area (TPSA) is 46.3 Å². The first-order chi connectivity index (χ1) is 6.54. The molecule has 0 aromatic carbocycles. The Morgan fingerprint density at radius 3 is 2.57 bits per heavy atom. The zero-order valence-corrected chi connectivity index (χ0v) is 10.4. The van der Waals surface area contributed by atoms with Crippen LogP contribution in [0.2, 0.25) is 0 Å². The van der Waals surface area contributed by atoms with E-state index in [-0.39, 0.29) is 17.9 Å². The number of carbonyl (C=O) groups is 1. The van der Waals surface area contributed by atoms with Crippen LogP contribution in [0.3, 0.4) is 0 Å². The molecule has 3 nitrogen and oxygen atoms in total. The Kier molecular flexibility index (Phi) is 7.01. The lowest BCUT2D eigenvalue weighted by Gasteiger charge is -2.24. The summed E-state index contributed by atoms with van der Waals surface area (Å²) in [5.74, 6) is 1.29. The van der Waals surface area contributed by atoms with Crippen LogP contribution >= 0.6 is 11.8 Å². The van der Waals surface area contributed by atoms with Crippen LogP contribution in [0.5, 0.6) is 0 Å². The number of hydrogen-bond donors (Lipinski definition) is 1. The summed E-state index contributed by atoms with van der Waals surface area (Å²) in [4.78, 5) is 13.5. The third-order valence-corrected chi connectivity index (χ3v) is 3.14. The van der Waals surface area contributed by atoms with Gasteiger partial charge < -0.3 is 10.6 Å². The van der Waals surface area contributed by atoms with Gasteiger partial charge in [0.2, 0.25) is 5.91 Å².